The summed E-state index contributed by atoms with van der Waals surface area (Å²) in [6.45, 7) is 3.98. The maximum Gasteiger partial charge on any atom is 0.153 e. The van der Waals surface area contributed by atoms with E-state index in [1.54, 1.807) is 7.11 Å². The molecule has 1 fully saturated rings. The van der Waals surface area contributed by atoms with Crippen molar-refractivity contribution < 1.29 is 9.47 Å². The van der Waals surface area contributed by atoms with E-state index in [4.69, 9.17) is 19.4 Å². The molecule has 2 aliphatic heterocycles. The third kappa shape index (κ3) is 3.25. The Morgan fingerprint density at radius 2 is 2.00 bits per heavy atom. The van der Waals surface area contributed by atoms with Crippen LogP contribution in [0.2, 0.25) is 0 Å². The van der Waals surface area contributed by atoms with Gasteiger partial charge >= 0.3 is 0 Å². The fourth-order valence-electron chi connectivity index (χ4n) is 3.29. The van der Waals surface area contributed by atoms with Gasteiger partial charge in [-0.1, -0.05) is 12.1 Å². The van der Waals surface area contributed by atoms with E-state index < -0.39 is 0 Å². The second-order valence-electron chi connectivity index (χ2n) is 6.29. The van der Waals surface area contributed by atoms with E-state index in [-0.39, 0.29) is 0 Å². The number of nitrogens with zero attached hydrogens (tertiary/aromatic N) is 4. The highest BCUT2D eigenvalue weighted by Gasteiger charge is 2.26. The molecular weight excluding hydrogens is 318 g/mol. The van der Waals surface area contributed by atoms with Gasteiger partial charge in [0.2, 0.25) is 0 Å². The number of hydrogen-bond acceptors (Lipinski definition) is 7. The number of morpholine rings is 1. The first-order valence-electron chi connectivity index (χ1n) is 8.57. The Balaban J connectivity index is 1.69. The van der Waals surface area contributed by atoms with Gasteiger partial charge in [0, 0.05) is 33.1 Å². The van der Waals surface area contributed by atoms with Crippen LogP contribution in [0.3, 0.4) is 0 Å². The van der Waals surface area contributed by atoms with Crippen molar-refractivity contribution in [2.45, 2.75) is 13.0 Å². The van der Waals surface area contributed by atoms with E-state index in [1.807, 2.05) is 30.3 Å². The summed E-state index contributed by atoms with van der Waals surface area (Å²) in [5, 5.41) is 1.98. The minimum Gasteiger partial charge on any atom is -0.497 e. The topological polar surface area (TPSA) is 62.8 Å². The fourth-order valence-corrected chi connectivity index (χ4v) is 3.29. The van der Waals surface area contributed by atoms with Crippen LogP contribution in [0, 0.1) is 0 Å². The average Bonchev–Trinajstić information content (AvgIpc) is 3.03. The first kappa shape index (κ1) is 16.1. The molecule has 0 atom stereocenters. The van der Waals surface area contributed by atoms with Crippen molar-refractivity contribution in [2.24, 2.45) is 0 Å². The Morgan fingerprint density at radius 1 is 1.20 bits per heavy atom. The van der Waals surface area contributed by atoms with Crippen molar-refractivity contribution in [2.75, 3.05) is 50.4 Å². The molecule has 1 N–H and O–H groups in total. The number of benzene rings is 1. The molecule has 0 spiro atoms. The maximum absolute atomic E-state index is 5.49. The molecule has 7 nitrogen and oxygen atoms in total. The van der Waals surface area contributed by atoms with Gasteiger partial charge in [0.05, 0.1) is 25.9 Å². The van der Waals surface area contributed by atoms with Gasteiger partial charge in [-0.3, -0.25) is 5.01 Å². The average molecular weight is 341 g/mol. The molecule has 0 radical (unpaired) electrons. The Bertz CT molecular complexity index is 761. The number of aromatic nitrogens is 2. The monoisotopic (exact) mass is 341 g/mol. The summed E-state index contributed by atoms with van der Waals surface area (Å²) in [4.78, 5) is 12.0. The van der Waals surface area contributed by atoms with Crippen LogP contribution >= 0.6 is 0 Å². The number of fused-ring (bicyclic) bond motifs is 1. The molecule has 1 aromatic carbocycles. The zero-order valence-corrected chi connectivity index (χ0v) is 14.7. The third-order valence-corrected chi connectivity index (χ3v) is 4.63. The lowest BCUT2D eigenvalue weighted by molar-refractivity contribution is 0.122. The molecule has 0 bridgehead atoms. The van der Waals surface area contributed by atoms with Crippen LogP contribution < -0.4 is 20.1 Å². The van der Waals surface area contributed by atoms with Gasteiger partial charge < -0.3 is 14.4 Å². The summed E-state index contributed by atoms with van der Waals surface area (Å²) in [6, 6.07) is 8.06. The molecule has 0 saturated carbocycles. The Kier molecular flexibility index (Phi) is 4.42. The van der Waals surface area contributed by atoms with Gasteiger partial charge in [0.25, 0.3) is 0 Å². The summed E-state index contributed by atoms with van der Waals surface area (Å²) >= 11 is 0. The normalized spacial score (nSPS) is 16.9. The van der Waals surface area contributed by atoms with Crippen LogP contribution in [0.25, 0.3) is 0 Å². The van der Waals surface area contributed by atoms with Crippen molar-refractivity contribution in [3.8, 4) is 5.75 Å². The second-order valence-corrected chi connectivity index (χ2v) is 6.29. The van der Waals surface area contributed by atoms with Gasteiger partial charge in [0.1, 0.15) is 17.4 Å². The van der Waals surface area contributed by atoms with Crippen molar-refractivity contribution >= 4 is 11.6 Å². The molecule has 0 aliphatic carbocycles. The molecular formula is C18H23N5O2. The number of hydrazine groups is 1. The molecule has 25 heavy (non-hydrogen) atoms. The summed E-state index contributed by atoms with van der Waals surface area (Å²) in [5.74, 6) is 3.67. The number of hydrogen-bond donors (Lipinski definition) is 1. The number of methoxy groups -OCH3 is 1. The zero-order valence-electron chi connectivity index (χ0n) is 14.7. The molecule has 132 valence electrons. The Hall–Kier alpha value is -2.38. The largest absolute Gasteiger partial charge is 0.497 e. The zero-order chi connectivity index (χ0) is 17.2. The summed E-state index contributed by atoms with van der Waals surface area (Å²) < 4.78 is 10.8. The molecule has 0 unspecified atom stereocenters. The highest BCUT2D eigenvalue weighted by atomic mass is 16.5. The van der Waals surface area contributed by atoms with Crippen molar-refractivity contribution in [1.82, 2.24) is 15.4 Å². The molecule has 4 rings (SSSR count). The number of anilines is 2. The van der Waals surface area contributed by atoms with Crippen LogP contribution in [-0.2, 0) is 17.7 Å². The van der Waals surface area contributed by atoms with Crippen LogP contribution in [0.15, 0.2) is 24.3 Å². The molecule has 3 heterocycles. The standard InChI is InChI=1S/C18H23N5O2/c1-22-17-15(12-19-22)18(23-6-8-25-9-7-23)21-16(20-17)11-13-4-3-5-14(10-13)24-2/h3-5,10,19H,6-9,11-12H2,1-2H3. The lowest BCUT2D eigenvalue weighted by Gasteiger charge is -2.29. The Morgan fingerprint density at radius 3 is 2.80 bits per heavy atom. The minimum absolute atomic E-state index is 0.676. The van der Waals surface area contributed by atoms with Gasteiger partial charge in [-0.15, -0.1) is 0 Å². The smallest absolute Gasteiger partial charge is 0.153 e. The first-order valence-corrected chi connectivity index (χ1v) is 8.57. The van der Waals surface area contributed by atoms with Crippen LogP contribution in [0.1, 0.15) is 17.0 Å². The van der Waals surface area contributed by atoms with Gasteiger partial charge in [0.15, 0.2) is 5.82 Å². The number of ether oxygens (including phenoxy) is 2. The summed E-state index contributed by atoms with van der Waals surface area (Å²) in [5.41, 5.74) is 5.63. The van der Waals surface area contributed by atoms with Gasteiger partial charge in [-0.05, 0) is 17.7 Å². The maximum atomic E-state index is 5.49. The molecule has 0 amide bonds. The van der Waals surface area contributed by atoms with Crippen LogP contribution in [0.5, 0.6) is 5.75 Å². The van der Waals surface area contributed by atoms with E-state index in [0.29, 0.717) is 6.42 Å². The van der Waals surface area contributed by atoms with E-state index in [2.05, 4.69) is 16.4 Å². The van der Waals surface area contributed by atoms with Gasteiger partial charge in [-0.25, -0.2) is 15.4 Å². The highest BCUT2D eigenvalue weighted by molar-refractivity contribution is 5.62. The molecule has 1 aromatic heterocycles. The van der Waals surface area contributed by atoms with Crippen LogP contribution in [-0.4, -0.2) is 50.4 Å². The summed E-state index contributed by atoms with van der Waals surface area (Å²) in [6.07, 6.45) is 0.676. The molecule has 7 heteroatoms. The number of rotatable bonds is 4. The Labute approximate surface area is 147 Å². The van der Waals surface area contributed by atoms with Crippen molar-refractivity contribution in [3.05, 3.63) is 41.2 Å². The lowest BCUT2D eigenvalue weighted by Crippen LogP contribution is -2.37. The molecule has 2 aliphatic rings. The summed E-state index contributed by atoms with van der Waals surface area (Å²) in [7, 11) is 3.68. The van der Waals surface area contributed by atoms with Crippen molar-refractivity contribution in [3.63, 3.8) is 0 Å². The second kappa shape index (κ2) is 6.85. The van der Waals surface area contributed by atoms with Crippen LogP contribution in [0.4, 0.5) is 11.6 Å². The third-order valence-electron chi connectivity index (χ3n) is 4.63. The quantitative estimate of drug-likeness (QED) is 0.901. The van der Waals surface area contributed by atoms with E-state index >= 15 is 0 Å². The highest BCUT2D eigenvalue weighted by Crippen LogP contribution is 2.31. The predicted octanol–water partition coefficient (Wildman–Crippen LogP) is 1.37. The molecule has 2 aromatic rings. The fraction of sp³-hybridized carbons (Fsp3) is 0.444. The lowest BCUT2D eigenvalue weighted by atomic mass is 10.1. The molecule has 1 saturated heterocycles. The van der Waals surface area contributed by atoms with Crippen molar-refractivity contribution in [1.29, 1.82) is 0 Å². The van der Waals surface area contributed by atoms with Gasteiger partial charge in [-0.2, -0.15) is 0 Å². The number of nitrogens with one attached hydrogen (secondary N) is 1. The van der Waals surface area contributed by atoms with E-state index in [1.165, 1.54) is 5.56 Å². The predicted molar refractivity (Wildman–Crippen MR) is 96.1 cm³/mol. The minimum atomic E-state index is 0.676. The van der Waals surface area contributed by atoms with E-state index in [0.717, 1.165) is 61.6 Å². The van der Waals surface area contributed by atoms with E-state index in [9.17, 15) is 0 Å². The SMILES string of the molecule is COc1cccc(Cc2nc(N3CCOCC3)c3c(n2)N(C)NC3)c1. The first-order chi connectivity index (χ1) is 12.2.